The van der Waals surface area contributed by atoms with Gasteiger partial charge in [0.25, 0.3) is 5.91 Å². The van der Waals surface area contributed by atoms with Crippen LogP contribution in [0.4, 0.5) is 0 Å². The van der Waals surface area contributed by atoms with Crippen LogP contribution in [0.2, 0.25) is 0 Å². The molecular formula is C18H21NO3S. The summed E-state index contributed by atoms with van der Waals surface area (Å²) in [6.45, 7) is 5.92. The number of carbonyl (C=O) groups excluding carboxylic acids is 2. The Labute approximate surface area is 140 Å². The van der Waals surface area contributed by atoms with Gasteiger partial charge in [-0.05, 0) is 38.8 Å². The number of ether oxygens (including phenoxy) is 1. The molecule has 1 atom stereocenters. The fourth-order valence-corrected chi connectivity index (χ4v) is 3.14. The van der Waals surface area contributed by atoms with E-state index in [2.05, 4.69) is 5.32 Å². The molecule has 0 spiro atoms. The van der Waals surface area contributed by atoms with Crippen LogP contribution in [0.15, 0.2) is 36.4 Å². The summed E-state index contributed by atoms with van der Waals surface area (Å²) >= 11 is 1.54. The molecule has 122 valence electrons. The molecule has 0 saturated heterocycles. The first-order valence-corrected chi connectivity index (χ1v) is 8.38. The minimum absolute atomic E-state index is 0.279. The molecule has 0 unspecified atom stereocenters. The van der Waals surface area contributed by atoms with Crippen molar-refractivity contribution in [2.45, 2.75) is 33.3 Å². The molecule has 0 aliphatic rings. The lowest BCUT2D eigenvalue weighted by Gasteiger charge is -2.13. The molecule has 1 aromatic heterocycles. The van der Waals surface area contributed by atoms with Crippen LogP contribution in [0, 0.1) is 13.8 Å². The van der Waals surface area contributed by atoms with Gasteiger partial charge in [0.05, 0.1) is 5.56 Å². The van der Waals surface area contributed by atoms with E-state index in [1.54, 1.807) is 24.3 Å². The van der Waals surface area contributed by atoms with E-state index in [1.807, 2.05) is 44.2 Å². The van der Waals surface area contributed by atoms with Gasteiger partial charge in [-0.1, -0.05) is 30.3 Å². The van der Waals surface area contributed by atoms with Gasteiger partial charge in [0.2, 0.25) is 0 Å². The lowest BCUT2D eigenvalue weighted by molar-refractivity contribution is -0.129. The number of hydrogen-bond donors (Lipinski definition) is 1. The largest absolute Gasteiger partial charge is 0.449 e. The Bertz CT molecular complexity index is 679. The molecule has 2 aromatic rings. The van der Waals surface area contributed by atoms with Crippen molar-refractivity contribution < 1.29 is 14.3 Å². The summed E-state index contributed by atoms with van der Waals surface area (Å²) < 4.78 is 5.25. The number of esters is 1. The van der Waals surface area contributed by atoms with E-state index in [9.17, 15) is 9.59 Å². The summed E-state index contributed by atoms with van der Waals surface area (Å²) in [5.74, 6) is -0.726. The maximum Gasteiger partial charge on any atom is 0.340 e. The minimum Gasteiger partial charge on any atom is -0.449 e. The van der Waals surface area contributed by atoms with E-state index in [4.69, 9.17) is 4.74 Å². The zero-order chi connectivity index (χ0) is 16.8. The van der Waals surface area contributed by atoms with Crippen LogP contribution >= 0.6 is 11.3 Å². The summed E-state index contributed by atoms with van der Waals surface area (Å²) in [6, 6.07) is 11.7. The molecule has 1 amide bonds. The van der Waals surface area contributed by atoms with E-state index in [-0.39, 0.29) is 5.91 Å². The quantitative estimate of drug-likeness (QED) is 0.827. The topological polar surface area (TPSA) is 55.4 Å². The first-order chi connectivity index (χ1) is 11.0. The van der Waals surface area contributed by atoms with Gasteiger partial charge in [-0.2, -0.15) is 0 Å². The maximum absolute atomic E-state index is 12.1. The Kier molecular flexibility index (Phi) is 5.93. The van der Waals surface area contributed by atoms with Gasteiger partial charge >= 0.3 is 5.97 Å². The molecule has 0 radical (unpaired) electrons. The van der Waals surface area contributed by atoms with Gasteiger partial charge in [-0.3, -0.25) is 4.79 Å². The maximum atomic E-state index is 12.1. The van der Waals surface area contributed by atoms with Crippen LogP contribution in [0.25, 0.3) is 0 Å². The summed E-state index contributed by atoms with van der Waals surface area (Å²) in [6.07, 6.45) is -0.0614. The van der Waals surface area contributed by atoms with E-state index in [0.717, 1.165) is 21.7 Å². The van der Waals surface area contributed by atoms with Crippen molar-refractivity contribution in [3.63, 3.8) is 0 Å². The second-order valence-electron chi connectivity index (χ2n) is 5.40. The van der Waals surface area contributed by atoms with Crippen molar-refractivity contribution in [1.29, 1.82) is 0 Å². The van der Waals surface area contributed by atoms with Crippen molar-refractivity contribution >= 4 is 23.2 Å². The number of nitrogens with one attached hydrogen (secondary N) is 1. The van der Waals surface area contributed by atoms with Gasteiger partial charge < -0.3 is 10.1 Å². The highest BCUT2D eigenvalue weighted by atomic mass is 32.1. The Morgan fingerprint density at radius 1 is 1.22 bits per heavy atom. The Hall–Kier alpha value is -2.14. The molecule has 5 heteroatoms. The van der Waals surface area contributed by atoms with Crippen LogP contribution < -0.4 is 5.32 Å². The van der Waals surface area contributed by atoms with Crippen molar-refractivity contribution in [3.05, 3.63) is 57.3 Å². The van der Waals surface area contributed by atoms with Crippen molar-refractivity contribution in [2.75, 3.05) is 6.54 Å². The second kappa shape index (κ2) is 7.92. The fourth-order valence-electron chi connectivity index (χ4n) is 2.23. The van der Waals surface area contributed by atoms with Crippen LogP contribution in [0.1, 0.15) is 32.6 Å². The lowest BCUT2D eigenvalue weighted by atomic mass is 10.1. The Morgan fingerprint density at radius 3 is 2.52 bits per heavy atom. The molecule has 2 rings (SSSR count). The molecule has 0 aliphatic carbocycles. The normalized spacial score (nSPS) is 11.8. The van der Waals surface area contributed by atoms with Crippen molar-refractivity contribution in [3.8, 4) is 0 Å². The molecule has 1 heterocycles. The average molecular weight is 331 g/mol. The second-order valence-corrected chi connectivity index (χ2v) is 6.86. The SMILES string of the molecule is Cc1cc(C(=O)O[C@H](C)C(=O)NCCc2ccccc2)c(C)s1. The molecule has 0 aliphatic heterocycles. The highest BCUT2D eigenvalue weighted by Gasteiger charge is 2.20. The number of thiophene rings is 1. The molecule has 0 bridgehead atoms. The minimum atomic E-state index is -0.808. The van der Waals surface area contributed by atoms with E-state index in [1.165, 1.54) is 0 Å². The van der Waals surface area contributed by atoms with Crippen LogP contribution in [-0.2, 0) is 16.0 Å². The molecule has 1 aromatic carbocycles. The van der Waals surface area contributed by atoms with Crippen molar-refractivity contribution in [1.82, 2.24) is 5.32 Å². The van der Waals surface area contributed by atoms with Gasteiger partial charge in [0, 0.05) is 16.3 Å². The highest BCUT2D eigenvalue weighted by molar-refractivity contribution is 7.12. The van der Waals surface area contributed by atoms with Gasteiger partial charge in [-0.25, -0.2) is 4.79 Å². The van der Waals surface area contributed by atoms with Crippen molar-refractivity contribution in [2.24, 2.45) is 0 Å². The third-order valence-electron chi connectivity index (χ3n) is 3.47. The molecule has 4 nitrogen and oxygen atoms in total. The smallest absolute Gasteiger partial charge is 0.340 e. The predicted molar refractivity (Wildman–Crippen MR) is 91.8 cm³/mol. The van der Waals surface area contributed by atoms with Gasteiger partial charge in [0.1, 0.15) is 0 Å². The number of hydrogen-bond acceptors (Lipinski definition) is 4. The monoisotopic (exact) mass is 331 g/mol. The Morgan fingerprint density at radius 2 is 1.91 bits per heavy atom. The molecule has 23 heavy (non-hydrogen) atoms. The first kappa shape index (κ1) is 17.2. The van der Waals surface area contributed by atoms with E-state index in [0.29, 0.717) is 12.1 Å². The van der Waals surface area contributed by atoms with Crippen LogP contribution in [-0.4, -0.2) is 24.5 Å². The molecule has 0 fully saturated rings. The number of amides is 1. The van der Waals surface area contributed by atoms with E-state index >= 15 is 0 Å². The number of rotatable bonds is 6. The molecule has 1 N–H and O–H groups in total. The number of benzene rings is 1. The van der Waals surface area contributed by atoms with Gasteiger partial charge in [0.15, 0.2) is 6.10 Å². The van der Waals surface area contributed by atoms with E-state index < -0.39 is 12.1 Å². The number of aryl methyl sites for hydroxylation is 2. The summed E-state index contributed by atoms with van der Waals surface area (Å²) in [4.78, 5) is 26.1. The standard InChI is InChI=1S/C18H21NO3S/c1-12-11-16(14(3)23-12)18(21)22-13(2)17(20)19-10-9-15-7-5-4-6-8-15/h4-8,11,13H,9-10H2,1-3H3,(H,19,20)/t13-/m1/s1. The highest BCUT2D eigenvalue weighted by Crippen LogP contribution is 2.21. The predicted octanol–water partition coefficient (Wildman–Crippen LogP) is 3.27. The molecule has 0 saturated carbocycles. The third-order valence-corrected chi connectivity index (χ3v) is 4.44. The first-order valence-electron chi connectivity index (χ1n) is 7.57. The lowest BCUT2D eigenvalue weighted by Crippen LogP contribution is -2.36. The Balaban J connectivity index is 1.80. The summed E-state index contributed by atoms with van der Waals surface area (Å²) in [5, 5.41) is 2.79. The van der Waals surface area contributed by atoms with Gasteiger partial charge in [-0.15, -0.1) is 11.3 Å². The number of carbonyl (C=O) groups is 2. The zero-order valence-electron chi connectivity index (χ0n) is 13.6. The zero-order valence-corrected chi connectivity index (χ0v) is 14.4. The summed E-state index contributed by atoms with van der Waals surface area (Å²) in [7, 11) is 0. The summed E-state index contributed by atoms with van der Waals surface area (Å²) in [5.41, 5.74) is 1.69. The van der Waals surface area contributed by atoms with Crippen LogP contribution in [0.5, 0.6) is 0 Å². The third kappa shape index (κ3) is 4.93. The fraction of sp³-hybridized carbons (Fsp3) is 0.333. The molecular weight excluding hydrogens is 310 g/mol. The average Bonchev–Trinajstić information content (AvgIpc) is 2.87. The van der Waals surface area contributed by atoms with Crippen LogP contribution in [0.3, 0.4) is 0 Å².